The quantitative estimate of drug-likeness (QED) is 0.530. The number of amides is 2. The third-order valence-electron chi connectivity index (χ3n) is 4.97. The summed E-state index contributed by atoms with van der Waals surface area (Å²) in [6, 6.07) is 10.6. The number of carbonyl (C=O) groups is 2. The highest BCUT2D eigenvalue weighted by molar-refractivity contribution is 7.90. The van der Waals surface area contributed by atoms with Gasteiger partial charge >= 0.3 is 10.2 Å². The second-order valence-corrected chi connectivity index (χ2v) is 10.8. The Morgan fingerprint density at radius 1 is 1.06 bits per heavy atom. The molecular weight excluding hydrogens is 483 g/mol. The lowest BCUT2D eigenvalue weighted by Crippen LogP contribution is -2.53. The van der Waals surface area contributed by atoms with Crippen LogP contribution in [0.25, 0.3) is 0 Å². The molecule has 0 bridgehead atoms. The Labute approximate surface area is 205 Å². The summed E-state index contributed by atoms with van der Waals surface area (Å²) in [7, 11) is -1.44. The summed E-state index contributed by atoms with van der Waals surface area (Å²) in [6.07, 6.45) is 0. The summed E-state index contributed by atoms with van der Waals surface area (Å²) in [5.74, 6) is -1.53. The van der Waals surface area contributed by atoms with Crippen LogP contribution in [0.2, 0.25) is 5.02 Å². The summed E-state index contributed by atoms with van der Waals surface area (Å²) >= 11 is 6.08. The molecule has 2 rings (SSSR count). The lowest BCUT2D eigenvalue weighted by Gasteiger charge is -2.33. The maximum Gasteiger partial charge on any atom is 0.304 e. The van der Waals surface area contributed by atoms with E-state index in [0.29, 0.717) is 10.6 Å². The van der Waals surface area contributed by atoms with Crippen molar-refractivity contribution in [2.75, 3.05) is 24.9 Å². The summed E-state index contributed by atoms with van der Waals surface area (Å²) in [5.41, 5.74) is 0.791. The molecule has 0 spiro atoms. The van der Waals surface area contributed by atoms with Crippen LogP contribution in [0, 0.1) is 5.82 Å². The molecule has 11 heteroatoms. The van der Waals surface area contributed by atoms with Gasteiger partial charge in [-0.3, -0.25) is 9.59 Å². The van der Waals surface area contributed by atoms with Gasteiger partial charge in [0, 0.05) is 31.7 Å². The first-order valence-electron chi connectivity index (χ1n) is 10.6. The van der Waals surface area contributed by atoms with E-state index in [2.05, 4.69) is 5.32 Å². The fraction of sp³-hybridized carbons (Fsp3) is 0.391. The molecule has 186 valence electrons. The van der Waals surface area contributed by atoms with E-state index in [9.17, 15) is 22.4 Å². The van der Waals surface area contributed by atoms with Crippen LogP contribution in [0.15, 0.2) is 48.5 Å². The van der Waals surface area contributed by atoms with E-state index in [1.54, 1.807) is 45.0 Å². The molecule has 0 saturated heterocycles. The van der Waals surface area contributed by atoms with E-state index >= 15 is 0 Å². The minimum Gasteiger partial charge on any atom is -0.352 e. The molecule has 0 fully saturated rings. The average molecular weight is 513 g/mol. The van der Waals surface area contributed by atoms with Gasteiger partial charge in [-0.15, -0.1) is 0 Å². The minimum atomic E-state index is -4.10. The molecule has 0 aliphatic carbocycles. The monoisotopic (exact) mass is 512 g/mol. The Morgan fingerprint density at radius 3 is 2.21 bits per heavy atom. The van der Waals surface area contributed by atoms with Gasteiger partial charge in [-0.25, -0.2) is 8.70 Å². The summed E-state index contributed by atoms with van der Waals surface area (Å²) in [6.45, 7) is 4.61. The first kappa shape index (κ1) is 27.6. The zero-order valence-corrected chi connectivity index (χ0v) is 21.4. The molecule has 0 aliphatic heterocycles. The maximum atomic E-state index is 13.5. The Morgan fingerprint density at radius 2 is 1.68 bits per heavy atom. The number of hydrogen-bond acceptors (Lipinski definition) is 4. The van der Waals surface area contributed by atoms with E-state index in [4.69, 9.17) is 11.6 Å². The highest BCUT2D eigenvalue weighted by Gasteiger charge is 2.32. The van der Waals surface area contributed by atoms with Crippen molar-refractivity contribution in [1.29, 1.82) is 0 Å². The second-order valence-electron chi connectivity index (χ2n) is 8.26. The molecule has 0 aliphatic rings. The van der Waals surface area contributed by atoms with Crippen LogP contribution in [0.5, 0.6) is 0 Å². The molecule has 1 atom stereocenters. The summed E-state index contributed by atoms with van der Waals surface area (Å²) < 4.78 is 41.3. The first-order valence-corrected chi connectivity index (χ1v) is 12.4. The van der Waals surface area contributed by atoms with Crippen molar-refractivity contribution in [3.8, 4) is 0 Å². The number of halogens is 2. The predicted molar refractivity (Wildman–Crippen MR) is 131 cm³/mol. The number of nitrogens with one attached hydrogen (secondary N) is 1. The number of anilines is 1. The third kappa shape index (κ3) is 7.15. The van der Waals surface area contributed by atoms with Crippen LogP contribution in [0.1, 0.15) is 26.3 Å². The van der Waals surface area contributed by atoms with E-state index in [0.717, 1.165) is 20.7 Å². The molecule has 34 heavy (non-hydrogen) atoms. The Hall–Kier alpha value is -2.69. The molecular formula is C23H30ClFN4O4S. The standard InChI is InChI=1S/C23H30ClFN4O4S/c1-16(2)26-23(31)17(3)28(14-18-7-6-8-19(24)13-18)22(30)15-29(34(32,33)27(4)5)21-11-9-20(25)10-12-21/h6-13,16-17H,14-15H2,1-5H3,(H,26,31). The summed E-state index contributed by atoms with van der Waals surface area (Å²) in [5, 5.41) is 3.24. The van der Waals surface area contributed by atoms with Crippen molar-refractivity contribution >= 4 is 39.3 Å². The summed E-state index contributed by atoms with van der Waals surface area (Å²) in [4.78, 5) is 27.5. The Balaban J connectivity index is 2.45. The van der Waals surface area contributed by atoms with Crippen LogP contribution >= 0.6 is 11.6 Å². The number of carbonyl (C=O) groups excluding carboxylic acids is 2. The van der Waals surface area contributed by atoms with Crippen molar-refractivity contribution in [3.63, 3.8) is 0 Å². The van der Waals surface area contributed by atoms with E-state index in [1.807, 2.05) is 0 Å². The fourth-order valence-electron chi connectivity index (χ4n) is 3.14. The number of hydrogen-bond donors (Lipinski definition) is 1. The van der Waals surface area contributed by atoms with Gasteiger partial charge in [-0.1, -0.05) is 23.7 Å². The highest BCUT2D eigenvalue weighted by Crippen LogP contribution is 2.22. The zero-order chi connectivity index (χ0) is 25.6. The lowest BCUT2D eigenvalue weighted by molar-refractivity contribution is -0.139. The van der Waals surface area contributed by atoms with E-state index in [1.165, 1.54) is 31.1 Å². The van der Waals surface area contributed by atoms with Crippen molar-refractivity contribution in [2.24, 2.45) is 0 Å². The van der Waals surface area contributed by atoms with Gasteiger partial charge in [0.2, 0.25) is 11.8 Å². The molecule has 0 aromatic heterocycles. The van der Waals surface area contributed by atoms with E-state index in [-0.39, 0.29) is 24.2 Å². The SMILES string of the molecule is CC(C)NC(=O)C(C)N(Cc1cccc(Cl)c1)C(=O)CN(c1ccc(F)cc1)S(=O)(=O)N(C)C. The number of nitrogens with zero attached hydrogens (tertiary/aromatic N) is 3. The molecule has 2 aromatic rings. The first-order chi connectivity index (χ1) is 15.8. The van der Waals surface area contributed by atoms with Crippen LogP contribution in [0.3, 0.4) is 0 Å². The molecule has 2 amide bonds. The normalized spacial score (nSPS) is 12.5. The molecule has 0 heterocycles. The predicted octanol–water partition coefficient (Wildman–Crippen LogP) is 3.03. The van der Waals surface area contributed by atoms with Gasteiger partial charge in [0.1, 0.15) is 18.4 Å². The highest BCUT2D eigenvalue weighted by atomic mass is 35.5. The molecule has 1 N–H and O–H groups in total. The van der Waals surface area contributed by atoms with Gasteiger partial charge in [0.25, 0.3) is 0 Å². The van der Waals surface area contributed by atoms with Gasteiger partial charge in [0.15, 0.2) is 0 Å². The van der Waals surface area contributed by atoms with Crippen molar-refractivity contribution in [1.82, 2.24) is 14.5 Å². The zero-order valence-electron chi connectivity index (χ0n) is 19.8. The van der Waals surface area contributed by atoms with Gasteiger partial charge in [-0.2, -0.15) is 12.7 Å². The smallest absolute Gasteiger partial charge is 0.304 e. The average Bonchev–Trinajstić information content (AvgIpc) is 2.75. The number of benzene rings is 2. The van der Waals surface area contributed by atoms with Crippen molar-refractivity contribution in [3.05, 3.63) is 64.9 Å². The van der Waals surface area contributed by atoms with Gasteiger partial charge < -0.3 is 10.2 Å². The van der Waals surface area contributed by atoms with Crippen LogP contribution in [0.4, 0.5) is 10.1 Å². The largest absolute Gasteiger partial charge is 0.352 e. The molecule has 0 radical (unpaired) electrons. The topological polar surface area (TPSA) is 90.0 Å². The van der Waals surface area contributed by atoms with Crippen LogP contribution < -0.4 is 9.62 Å². The minimum absolute atomic E-state index is 0.0331. The van der Waals surface area contributed by atoms with Crippen molar-refractivity contribution in [2.45, 2.75) is 39.4 Å². The van der Waals surface area contributed by atoms with Crippen LogP contribution in [-0.4, -0.2) is 62.2 Å². The molecule has 0 saturated carbocycles. The third-order valence-corrected chi connectivity index (χ3v) is 7.03. The maximum absolute atomic E-state index is 13.5. The molecule has 2 aromatic carbocycles. The van der Waals surface area contributed by atoms with Crippen LogP contribution in [-0.2, 0) is 26.3 Å². The molecule has 8 nitrogen and oxygen atoms in total. The second kappa shape index (κ2) is 11.6. The van der Waals surface area contributed by atoms with Gasteiger partial charge in [-0.05, 0) is 62.7 Å². The number of rotatable bonds is 10. The molecule has 1 unspecified atom stereocenters. The van der Waals surface area contributed by atoms with E-state index < -0.39 is 34.5 Å². The Bertz CT molecular complexity index is 1110. The lowest BCUT2D eigenvalue weighted by atomic mass is 10.1. The van der Waals surface area contributed by atoms with Gasteiger partial charge in [0.05, 0.1) is 5.69 Å². The van der Waals surface area contributed by atoms with Crippen molar-refractivity contribution < 1.29 is 22.4 Å². The fourth-order valence-corrected chi connectivity index (χ4v) is 4.41. The Kier molecular flexibility index (Phi) is 9.43.